The highest BCUT2D eigenvalue weighted by molar-refractivity contribution is 6.30. The van der Waals surface area contributed by atoms with Gasteiger partial charge in [0.1, 0.15) is 11.5 Å². The van der Waals surface area contributed by atoms with Gasteiger partial charge >= 0.3 is 0 Å². The van der Waals surface area contributed by atoms with E-state index in [1.807, 2.05) is 43.3 Å². The number of hydrogen-bond donors (Lipinski definition) is 1. The lowest BCUT2D eigenvalue weighted by molar-refractivity contribution is 0.101. The van der Waals surface area contributed by atoms with Crippen LogP contribution in [0.1, 0.15) is 34.0 Å². The summed E-state index contributed by atoms with van der Waals surface area (Å²) in [6, 6.07) is 17.8. The number of nitrogens with zero attached hydrogens (tertiary/aromatic N) is 3. The molecule has 2 aliphatic heterocycles. The molecule has 0 spiro atoms. The van der Waals surface area contributed by atoms with Crippen LogP contribution in [0.25, 0.3) is 17.0 Å². The maximum Gasteiger partial charge on any atom is 0.232 e. The van der Waals surface area contributed by atoms with Gasteiger partial charge in [0.25, 0.3) is 0 Å². The minimum atomic E-state index is -0.141. The molecule has 38 heavy (non-hydrogen) atoms. The monoisotopic (exact) mass is 527 g/mol. The molecule has 6 rings (SSSR count). The molecule has 0 saturated carbocycles. The van der Waals surface area contributed by atoms with Crippen molar-refractivity contribution >= 4 is 40.1 Å². The minimum Gasteiger partial charge on any atom is -0.507 e. The van der Waals surface area contributed by atoms with E-state index >= 15 is 0 Å². The molecule has 1 saturated heterocycles. The molecule has 1 N–H and O–H groups in total. The van der Waals surface area contributed by atoms with E-state index in [9.17, 15) is 9.90 Å². The highest BCUT2D eigenvalue weighted by Crippen LogP contribution is 2.43. The first-order chi connectivity index (χ1) is 18.4. The number of Topliss-reactive ketones (excluding diaryl/α,β-unsaturated/α-hetero) is 1. The second-order valence-corrected chi connectivity index (χ2v) is 10.4. The van der Waals surface area contributed by atoms with Gasteiger partial charge in [-0.05, 0) is 55.8 Å². The average molecular weight is 528 g/mol. The van der Waals surface area contributed by atoms with Gasteiger partial charge in [0, 0.05) is 72.6 Å². The Hall–Kier alpha value is -3.74. The van der Waals surface area contributed by atoms with E-state index in [2.05, 4.69) is 45.7 Å². The summed E-state index contributed by atoms with van der Waals surface area (Å²) in [6.45, 7) is 8.63. The maximum absolute atomic E-state index is 13.5. The number of anilines is 1. The smallest absolute Gasteiger partial charge is 0.232 e. The van der Waals surface area contributed by atoms with Crippen molar-refractivity contribution in [1.82, 2.24) is 9.47 Å². The van der Waals surface area contributed by atoms with Crippen molar-refractivity contribution in [3.8, 4) is 11.5 Å². The number of fused-ring (bicyclic) bond motifs is 2. The Labute approximate surface area is 227 Å². The third kappa shape index (κ3) is 4.34. The quantitative estimate of drug-likeness (QED) is 0.310. The number of aromatic nitrogens is 1. The molecule has 6 nitrogen and oxygen atoms in total. The SMILES string of the molecule is CCn1cc(/C=C2/Oc3c(CN4CCN(c5cccc(Cl)c5)CC4)c(O)cc(C)c3C2=O)c2ccccc21. The number of ether oxygens (including phenoxy) is 1. The zero-order valence-electron chi connectivity index (χ0n) is 21.6. The normalized spacial score (nSPS) is 16.9. The van der Waals surface area contributed by atoms with Crippen LogP contribution in [0.5, 0.6) is 11.5 Å². The Morgan fingerprint density at radius 1 is 1.05 bits per heavy atom. The van der Waals surface area contributed by atoms with Crippen molar-refractivity contribution in [2.75, 3.05) is 31.1 Å². The largest absolute Gasteiger partial charge is 0.507 e. The van der Waals surface area contributed by atoms with Crippen molar-refractivity contribution in [3.63, 3.8) is 0 Å². The Balaban J connectivity index is 1.26. The van der Waals surface area contributed by atoms with Crippen molar-refractivity contribution in [3.05, 3.63) is 93.8 Å². The molecule has 7 heteroatoms. The number of phenols is 1. The maximum atomic E-state index is 13.5. The first-order valence-corrected chi connectivity index (χ1v) is 13.4. The predicted molar refractivity (Wildman–Crippen MR) is 152 cm³/mol. The molecule has 2 aliphatic rings. The van der Waals surface area contributed by atoms with E-state index in [1.165, 1.54) is 0 Å². The molecule has 3 heterocycles. The fourth-order valence-electron chi connectivity index (χ4n) is 5.59. The fraction of sp³-hybridized carbons (Fsp3) is 0.258. The molecule has 0 bridgehead atoms. The average Bonchev–Trinajstić information content (AvgIpc) is 3.44. The summed E-state index contributed by atoms with van der Waals surface area (Å²) in [5.41, 5.74) is 5.10. The van der Waals surface area contributed by atoms with Crippen LogP contribution in [0.3, 0.4) is 0 Å². The number of halogens is 1. The lowest BCUT2D eigenvalue weighted by Gasteiger charge is -2.36. The van der Waals surface area contributed by atoms with E-state index in [0.717, 1.165) is 65.5 Å². The lowest BCUT2D eigenvalue weighted by Crippen LogP contribution is -2.46. The predicted octanol–water partition coefficient (Wildman–Crippen LogP) is 6.27. The number of allylic oxidation sites excluding steroid dienone is 1. The van der Waals surface area contributed by atoms with Gasteiger partial charge in [-0.2, -0.15) is 0 Å². The number of aromatic hydroxyl groups is 1. The number of ketones is 1. The van der Waals surface area contributed by atoms with Gasteiger partial charge in [-0.15, -0.1) is 0 Å². The Bertz CT molecular complexity index is 1580. The van der Waals surface area contributed by atoms with E-state index in [0.29, 0.717) is 29.2 Å². The summed E-state index contributed by atoms with van der Waals surface area (Å²) in [5, 5.41) is 12.7. The van der Waals surface area contributed by atoms with Crippen molar-refractivity contribution < 1.29 is 14.6 Å². The van der Waals surface area contributed by atoms with Crippen molar-refractivity contribution in [2.45, 2.75) is 26.9 Å². The van der Waals surface area contributed by atoms with Crippen LogP contribution in [0, 0.1) is 6.92 Å². The molecule has 1 fully saturated rings. The Morgan fingerprint density at radius 3 is 2.61 bits per heavy atom. The van der Waals surface area contributed by atoms with Crippen LogP contribution in [0.4, 0.5) is 5.69 Å². The Morgan fingerprint density at radius 2 is 1.84 bits per heavy atom. The molecule has 1 aromatic heterocycles. The van der Waals surface area contributed by atoms with Crippen LogP contribution in [0.2, 0.25) is 5.02 Å². The molecule has 0 radical (unpaired) electrons. The zero-order valence-corrected chi connectivity index (χ0v) is 22.3. The molecule has 4 aromatic rings. The number of carbonyl (C=O) groups excluding carboxylic acids is 1. The molecule has 194 valence electrons. The number of piperazine rings is 1. The van der Waals surface area contributed by atoms with E-state index in [4.69, 9.17) is 16.3 Å². The van der Waals surface area contributed by atoms with Crippen LogP contribution in [-0.2, 0) is 13.1 Å². The van der Waals surface area contributed by atoms with Gasteiger partial charge in [-0.3, -0.25) is 9.69 Å². The van der Waals surface area contributed by atoms with E-state index in [-0.39, 0.29) is 11.5 Å². The first-order valence-electron chi connectivity index (χ1n) is 13.0. The summed E-state index contributed by atoms with van der Waals surface area (Å²) >= 11 is 6.18. The summed E-state index contributed by atoms with van der Waals surface area (Å²) in [5.74, 6) is 0.794. The van der Waals surface area contributed by atoms with Crippen molar-refractivity contribution in [2.24, 2.45) is 0 Å². The number of benzene rings is 3. The molecule has 0 amide bonds. The molecular weight excluding hydrogens is 498 g/mol. The van der Waals surface area contributed by atoms with Crippen LogP contribution in [0.15, 0.2) is 66.6 Å². The number of hydrogen-bond acceptors (Lipinski definition) is 5. The van der Waals surface area contributed by atoms with E-state index < -0.39 is 0 Å². The van der Waals surface area contributed by atoms with Gasteiger partial charge in [0.05, 0.1) is 11.1 Å². The topological polar surface area (TPSA) is 57.9 Å². The van der Waals surface area contributed by atoms with Gasteiger partial charge in [0.15, 0.2) is 5.76 Å². The summed E-state index contributed by atoms with van der Waals surface area (Å²) in [7, 11) is 0. The second kappa shape index (κ2) is 9.86. The van der Waals surface area contributed by atoms with Crippen LogP contribution in [-0.4, -0.2) is 46.5 Å². The van der Waals surface area contributed by atoms with Gasteiger partial charge in [0.2, 0.25) is 5.78 Å². The fourth-order valence-corrected chi connectivity index (χ4v) is 5.77. The van der Waals surface area contributed by atoms with Gasteiger partial charge in [-0.1, -0.05) is 35.9 Å². The van der Waals surface area contributed by atoms with Crippen molar-refractivity contribution in [1.29, 1.82) is 0 Å². The molecule has 3 aromatic carbocycles. The third-order valence-corrected chi connectivity index (χ3v) is 7.83. The van der Waals surface area contributed by atoms with Gasteiger partial charge < -0.3 is 19.3 Å². The van der Waals surface area contributed by atoms with Crippen LogP contribution >= 0.6 is 11.6 Å². The van der Waals surface area contributed by atoms with Gasteiger partial charge in [-0.25, -0.2) is 0 Å². The standard InChI is InChI=1S/C31H30ClN3O3/c1-3-34-18-21(24-9-4-5-10-26(24)34)16-28-30(37)29-20(2)15-27(36)25(31(29)38-28)19-33-11-13-35(14-12-33)23-8-6-7-22(32)17-23/h4-10,15-18,36H,3,11-14,19H2,1-2H3/b28-16+. The number of rotatable bonds is 5. The third-order valence-electron chi connectivity index (χ3n) is 7.59. The molecular formula is C31H30ClN3O3. The molecule has 0 unspecified atom stereocenters. The van der Waals surface area contributed by atoms with Crippen LogP contribution < -0.4 is 9.64 Å². The zero-order chi connectivity index (χ0) is 26.4. The van der Waals surface area contributed by atoms with E-state index in [1.54, 1.807) is 6.07 Å². The highest BCUT2D eigenvalue weighted by Gasteiger charge is 2.34. The first kappa shape index (κ1) is 24.6. The highest BCUT2D eigenvalue weighted by atomic mass is 35.5. The number of aryl methyl sites for hydroxylation is 2. The number of carbonyl (C=O) groups is 1. The Kier molecular flexibility index (Phi) is 6.38. The number of phenolic OH excluding ortho intramolecular Hbond substituents is 1. The number of para-hydroxylation sites is 1. The summed E-state index contributed by atoms with van der Waals surface area (Å²) in [6.07, 6.45) is 3.89. The molecule has 0 aliphatic carbocycles. The summed E-state index contributed by atoms with van der Waals surface area (Å²) < 4.78 is 8.41. The minimum absolute atomic E-state index is 0.141. The second-order valence-electron chi connectivity index (χ2n) is 9.97. The lowest BCUT2D eigenvalue weighted by atomic mass is 9.99. The molecule has 0 atom stereocenters. The summed E-state index contributed by atoms with van der Waals surface area (Å²) in [4.78, 5) is 18.1.